The highest BCUT2D eigenvalue weighted by molar-refractivity contribution is 8.26. The fourth-order valence-corrected chi connectivity index (χ4v) is 6.21. The van der Waals surface area contributed by atoms with Crippen LogP contribution >= 0.6 is 24.0 Å². The predicted molar refractivity (Wildman–Crippen MR) is 157 cm³/mol. The van der Waals surface area contributed by atoms with E-state index in [0.717, 1.165) is 74.3 Å². The number of methoxy groups -OCH3 is 1. The predicted octanol–water partition coefficient (Wildman–Crippen LogP) is 5.62. The van der Waals surface area contributed by atoms with E-state index in [1.807, 2.05) is 37.3 Å². The Hall–Kier alpha value is -3.09. The number of rotatable bonds is 8. The number of thiocarbonyl (C=S) groups is 1. The molecule has 200 valence electrons. The van der Waals surface area contributed by atoms with Crippen LogP contribution in [0.2, 0.25) is 0 Å². The van der Waals surface area contributed by atoms with Crippen LogP contribution in [-0.2, 0) is 17.9 Å². The first-order valence-electron chi connectivity index (χ1n) is 13.2. The van der Waals surface area contributed by atoms with Crippen molar-refractivity contribution in [1.29, 1.82) is 5.26 Å². The molecule has 7 nitrogen and oxygen atoms in total. The van der Waals surface area contributed by atoms with Crippen molar-refractivity contribution >= 4 is 46.1 Å². The third kappa shape index (κ3) is 5.82. The van der Waals surface area contributed by atoms with Crippen LogP contribution in [0.3, 0.4) is 0 Å². The number of nitrogens with zero attached hydrogens (tertiary/aromatic N) is 4. The average molecular weight is 551 g/mol. The number of aromatic nitrogens is 1. The third-order valence-electron chi connectivity index (χ3n) is 7.14. The molecule has 3 heterocycles. The van der Waals surface area contributed by atoms with E-state index in [1.165, 1.54) is 11.8 Å². The van der Waals surface area contributed by atoms with Gasteiger partial charge in [-0.1, -0.05) is 62.3 Å². The lowest BCUT2D eigenvalue weighted by Gasteiger charge is -2.29. The number of anilines is 1. The third-order valence-corrected chi connectivity index (χ3v) is 8.51. The Morgan fingerprint density at radius 2 is 1.82 bits per heavy atom. The molecule has 0 atom stereocenters. The monoisotopic (exact) mass is 550 g/mol. The first-order valence-corrected chi connectivity index (χ1v) is 14.4. The fourth-order valence-electron chi connectivity index (χ4n) is 4.97. The minimum absolute atomic E-state index is 0.139. The normalized spacial score (nSPS) is 17.2. The van der Waals surface area contributed by atoms with E-state index in [-0.39, 0.29) is 17.0 Å². The van der Waals surface area contributed by atoms with E-state index in [0.29, 0.717) is 27.9 Å². The van der Waals surface area contributed by atoms with Crippen LogP contribution in [0.5, 0.6) is 5.75 Å². The molecule has 38 heavy (non-hydrogen) atoms. The van der Waals surface area contributed by atoms with Crippen LogP contribution in [0.25, 0.3) is 6.08 Å². The molecule has 9 heteroatoms. The largest absolute Gasteiger partial charge is 0.497 e. The van der Waals surface area contributed by atoms with E-state index < -0.39 is 0 Å². The molecule has 2 aliphatic rings. The Balaban J connectivity index is 1.79. The van der Waals surface area contributed by atoms with E-state index >= 15 is 0 Å². The standard InChI is InChI=1S/C29H34N4O3S2/c1-4-5-16-32-26(31-14-8-6-7-9-15-31)23(20(2)24(18-30)27(32)34)17-25-28(35)33(29(37)38-25)19-21-10-12-22(36-3)13-11-21/h10-13,17H,4-9,14-16,19H2,1-3H3. The van der Waals surface area contributed by atoms with Gasteiger partial charge in [-0.25, -0.2) is 0 Å². The summed E-state index contributed by atoms with van der Waals surface area (Å²) in [5.74, 6) is 1.41. The van der Waals surface area contributed by atoms with Gasteiger partial charge in [0.1, 0.15) is 27.5 Å². The summed E-state index contributed by atoms with van der Waals surface area (Å²) >= 11 is 6.87. The Kier molecular flexibility index (Phi) is 9.29. The number of pyridine rings is 1. The molecule has 2 fully saturated rings. The zero-order chi connectivity index (χ0) is 27.2. The van der Waals surface area contributed by atoms with Crippen LogP contribution in [0.1, 0.15) is 67.7 Å². The molecule has 1 amide bonds. The minimum atomic E-state index is -0.248. The zero-order valence-corrected chi connectivity index (χ0v) is 23.9. The van der Waals surface area contributed by atoms with Crippen molar-refractivity contribution < 1.29 is 9.53 Å². The maximum atomic E-state index is 13.6. The molecular weight excluding hydrogens is 516 g/mol. The van der Waals surface area contributed by atoms with Gasteiger partial charge in [0.05, 0.1) is 18.6 Å². The maximum absolute atomic E-state index is 13.6. The summed E-state index contributed by atoms with van der Waals surface area (Å²) in [6.07, 6.45) is 8.02. The summed E-state index contributed by atoms with van der Waals surface area (Å²) in [7, 11) is 1.62. The molecule has 1 aromatic carbocycles. The number of amides is 1. The lowest BCUT2D eigenvalue weighted by atomic mass is 10.0. The van der Waals surface area contributed by atoms with Crippen LogP contribution in [0, 0.1) is 18.3 Å². The van der Waals surface area contributed by atoms with Crippen LogP contribution in [0.15, 0.2) is 34.0 Å². The molecule has 0 radical (unpaired) electrons. The van der Waals surface area contributed by atoms with Crippen molar-refractivity contribution in [2.45, 2.75) is 65.5 Å². The van der Waals surface area contributed by atoms with Gasteiger partial charge in [0.15, 0.2) is 0 Å². The SMILES string of the molecule is CCCCn1c(N2CCCCCC2)c(C=C2SC(=S)N(Cc3ccc(OC)cc3)C2=O)c(C)c(C#N)c1=O. The van der Waals surface area contributed by atoms with E-state index in [4.69, 9.17) is 17.0 Å². The van der Waals surface area contributed by atoms with Gasteiger partial charge in [-0.2, -0.15) is 5.26 Å². The molecule has 0 saturated carbocycles. The molecule has 2 aromatic rings. The first kappa shape index (κ1) is 27.9. The number of hydrogen-bond acceptors (Lipinski definition) is 7. The van der Waals surface area contributed by atoms with E-state index in [2.05, 4.69) is 17.9 Å². The van der Waals surface area contributed by atoms with Gasteiger partial charge < -0.3 is 9.64 Å². The van der Waals surface area contributed by atoms with Gasteiger partial charge in [0, 0.05) is 25.2 Å². The molecule has 0 unspecified atom stereocenters. The minimum Gasteiger partial charge on any atom is -0.497 e. The van der Waals surface area contributed by atoms with Gasteiger partial charge in [0.2, 0.25) is 0 Å². The second kappa shape index (κ2) is 12.6. The summed E-state index contributed by atoms with van der Waals surface area (Å²) < 4.78 is 7.50. The van der Waals surface area contributed by atoms with E-state index in [9.17, 15) is 14.9 Å². The fraction of sp³-hybridized carbons (Fsp3) is 0.448. The molecule has 0 aliphatic carbocycles. The van der Waals surface area contributed by atoms with Gasteiger partial charge in [0.25, 0.3) is 11.5 Å². The number of ether oxygens (including phenoxy) is 1. The maximum Gasteiger partial charge on any atom is 0.270 e. The molecule has 0 N–H and O–H groups in total. The van der Waals surface area contributed by atoms with Gasteiger partial charge in [-0.15, -0.1) is 0 Å². The van der Waals surface area contributed by atoms with Crippen molar-refractivity contribution in [3.8, 4) is 11.8 Å². The van der Waals surface area contributed by atoms with Crippen molar-refractivity contribution in [3.05, 3.63) is 61.8 Å². The van der Waals surface area contributed by atoms with Crippen molar-refractivity contribution in [2.75, 3.05) is 25.1 Å². The highest BCUT2D eigenvalue weighted by Crippen LogP contribution is 2.37. The molecule has 0 bridgehead atoms. The highest BCUT2D eigenvalue weighted by atomic mass is 32.2. The Labute approximate surface area is 234 Å². The van der Waals surface area contributed by atoms with Gasteiger partial charge in [-0.3, -0.25) is 19.1 Å². The van der Waals surface area contributed by atoms with Crippen LogP contribution in [-0.4, -0.2) is 39.9 Å². The number of benzene rings is 1. The zero-order valence-electron chi connectivity index (χ0n) is 22.3. The highest BCUT2D eigenvalue weighted by Gasteiger charge is 2.33. The van der Waals surface area contributed by atoms with Crippen LogP contribution < -0.4 is 15.2 Å². The Morgan fingerprint density at radius 1 is 1.13 bits per heavy atom. The van der Waals surface area contributed by atoms with Crippen molar-refractivity contribution in [2.24, 2.45) is 0 Å². The summed E-state index contributed by atoms with van der Waals surface area (Å²) in [6.45, 7) is 6.49. The quantitative estimate of drug-likeness (QED) is 0.312. The number of hydrogen-bond donors (Lipinski definition) is 0. The number of nitriles is 1. The topological polar surface area (TPSA) is 78.6 Å². The molecule has 1 aromatic heterocycles. The van der Waals surface area contributed by atoms with Crippen molar-refractivity contribution in [1.82, 2.24) is 9.47 Å². The number of thioether (sulfide) groups is 1. The summed E-state index contributed by atoms with van der Waals surface area (Å²) in [6, 6.07) is 9.71. The summed E-state index contributed by atoms with van der Waals surface area (Å²) in [5, 5.41) is 9.91. The Bertz CT molecular complexity index is 1330. The van der Waals surface area contributed by atoms with Crippen molar-refractivity contribution in [3.63, 3.8) is 0 Å². The average Bonchev–Trinajstić information content (AvgIpc) is 3.09. The van der Waals surface area contributed by atoms with Gasteiger partial charge in [-0.05, 0) is 55.5 Å². The summed E-state index contributed by atoms with van der Waals surface area (Å²) in [5.41, 5.74) is 2.22. The summed E-state index contributed by atoms with van der Waals surface area (Å²) in [4.78, 5) is 31.4. The van der Waals surface area contributed by atoms with Gasteiger partial charge >= 0.3 is 0 Å². The smallest absolute Gasteiger partial charge is 0.270 e. The number of carbonyl (C=O) groups is 1. The molecule has 2 aliphatic heterocycles. The lowest BCUT2D eigenvalue weighted by Crippen LogP contribution is -2.35. The van der Waals surface area contributed by atoms with Crippen LogP contribution in [0.4, 0.5) is 5.82 Å². The first-order chi connectivity index (χ1) is 18.4. The molecule has 2 saturated heterocycles. The Morgan fingerprint density at radius 3 is 2.42 bits per heavy atom. The lowest BCUT2D eigenvalue weighted by molar-refractivity contribution is -0.122. The van der Waals surface area contributed by atoms with E-state index in [1.54, 1.807) is 16.6 Å². The molecule has 0 spiro atoms. The number of unbranched alkanes of at least 4 members (excludes halogenated alkanes) is 1. The number of carbonyl (C=O) groups excluding carboxylic acids is 1. The second-order valence-electron chi connectivity index (χ2n) is 9.68. The molecular formula is C29H34N4O3S2. The second-order valence-corrected chi connectivity index (χ2v) is 11.4. The molecule has 4 rings (SSSR count).